The number of carbonyl (C=O) groups excluding carboxylic acids is 1. The molecule has 0 aliphatic heterocycles. The Morgan fingerprint density at radius 1 is 1.29 bits per heavy atom. The standard InChI is InChI=1S/C15H16N2O3S/c1-8-4-5-9(2)11(6-8)7-12(18)16-14-13(15(19)20)10(3)17-21-14/h4-6H,7H2,1-3H3,(H,16,18)(H,19,20). The van der Waals surface area contributed by atoms with E-state index < -0.39 is 5.97 Å². The van der Waals surface area contributed by atoms with Crippen LogP contribution < -0.4 is 5.32 Å². The summed E-state index contributed by atoms with van der Waals surface area (Å²) in [5, 5.41) is 12.1. The van der Waals surface area contributed by atoms with Crippen molar-refractivity contribution in [2.24, 2.45) is 0 Å². The van der Waals surface area contributed by atoms with Crippen molar-refractivity contribution in [2.45, 2.75) is 27.2 Å². The van der Waals surface area contributed by atoms with Gasteiger partial charge in [-0.25, -0.2) is 4.79 Å². The molecule has 1 amide bonds. The molecule has 0 fully saturated rings. The first-order chi connectivity index (χ1) is 9.88. The normalized spacial score (nSPS) is 10.4. The first-order valence-electron chi connectivity index (χ1n) is 6.44. The number of hydrogen-bond donors (Lipinski definition) is 2. The number of carboxylic acid groups (broad SMARTS) is 1. The Morgan fingerprint density at radius 3 is 2.67 bits per heavy atom. The third-order valence-electron chi connectivity index (χ3n) is 3.19. The highest BCUT2D eigenvalue weighted by atomic mass is 32.1. The molecule has 6 heteroatoms. The van der Waals surface area contributed by atoms with Gasteiger partial charge in [-0.1, -0.05) is 23.8 Å². The third kappa shape index (κ3) is 3.46. The fourth-order valence-electron chi connectivity index (χ4n) is 2.04. The predicted octanol–water partition coefficient (Wildman–Crippen LogP) is 2.95. The minimum absolute atomic E-state index is 0.0642. The second-order valence-corrected chi connectivity index (χ2v) is 5.71. The van der Waals surface area contributed by atoms with E-state index in [4.69, 9.17) is 5.11 Å². The number of aromatic carboxylic acids is 1. The summed E-state index contributed by atoms with van der Waals surface area (Å²) in [5.41, 5.74) is 3.53. The first-order valence-corrected chi connectivity index (χ1v) is 7.21. The van der Waals surface area contributed by atoms with Crippen molar-refractivity contribution < 1.29 is 14.7 Å². The molecular weight excluding hydrogens is 288 g/mol. The van der Waals surface area contributed by atoms with Gasteiger partial charge in [-0.15, -0.1) is 0 Å². The zero-order valence-electron chi connectivity index (χ0n) is 12.1. The predicted molar refractivity (Wildman–Crippen MR) is 82.1 cm³/mol. The van der Waals surface area contributed by atoms with Gasteiger partial charge < -0.3 is 10.4 Å². The molecule has 0 aliphatic rings. The van der Waals surface area contributed by atoms with Gasteiger partial charge in [0.25, 0.3) is 0 Å². The number of hydrogen-bond acceptors (Lipinski definition) is 4. The van der Waals surface area contributed by atoms with E-state index >= 15 is 0 Å². The van der Waals surface area contributed by atoms with Crippen LogP contribution in [-0.4, -0.2) is 21.4 Å². The lowest BCUT2D eigenvalue weighted by Gasteiger charge is -2.07. The molecule has 0 unspecified atom stereocenters. The van der Waals surface area contributed by atoms with Crippen LogP contribution in [0.25, 0.3) is 0 Å². The number of rotatable bonds is 4. The lowest BCUT2D eigenvalue weighted by molar-refractivity contribution is -0.115. The van der Waals surface area contributed by atoms with E-state index in [0.717, 1.165) is 28.2 Å². The molecule has 1 aromatic heterocycles. The van der Waals surface area contributed by atoms with Crippen molar-refractivity contribution in [3.63, 3.8) is 0 Å². The third-order valence-corrected chi connectivity index (χ3v) is 4.04. The monoisotopic (exact) mass is 304 g/mol. The molecule has 0 radical (unpaired) electrons. The average Bonchev–Trinajstić information content (AvgIpc) is 2.75. The largest absolute Gasteiger partial charge is 0.478 e. The van der Waals surface area contributed by atoms with Crippen molar-refractivity contribution in [1.82, 2.24) is 4.37 Å². The fraction of sp³-hybridized carbons (Fsp3) is 0.267. The summed E-state index contributed by atoms with van der Waals surface area (Å²) in [4.78, 5) is 23.3. The Labute approximate surface area is 126 Å². The highest BCUT2D eigenvalue weighted by Crippen LogP contribution is 2.24. The Balaban J connectivity index is 2.16. The molecule has 0 spiro atoms. The number of benzene rings is 1. The maximum atomic E-state index is 12.1. The smallest absolute Gasteiger partial charge is 0.340 e. The van der Waals surface area contributed by atoms with Crippen molar-refractivity contribution in [1.29, 1.82) is 0 Å². The zero-order valence-corrected chi connectivity index (χ0v) is 12.9. The van der Waals surface area contributed by atoms with Crippen LogP contribution in [0.1, 0.15) is 32.7 Å². The minimum Gasteiger partial charge on any atom is -0.478 e. The Morgan fingerprint density at radius 2 is 2.00 bits per heavy atom. The number of aryl methyl sites for hydroxylation is 3. The summed E-state index contributed by atoms with van der Waals surface area (Å²) in [6, 6.07) is 5.92. The molecule has 0 aliphatic carbocycles. The Bertz CT molecular complexity index is 707. The van der Waals surface area contributed by atoms with Crippen molar-refractivity contribution in [2.75, 3.05) is 5.32 Å². The summed E-state index contributed by atoms with van der Waals surface area (Å²) in [6.07, 6.45) is 0.212. The molecule has 2 rings (SSSR count). The number of anilines is 1. The van der Waals surface area contributed by atoms with Gasteiger partial charge in [0.05, 0.1) is 12.1 Å². The summed E-state index contributed by atoms with van der Waals surface area (Å²) in [5.74, 6) is -1.32. The van der Waals surface area contributed by atoms with Crippen molar-refractivity contribution in [3.8, 4) is 0 Å². The zero-order chi connectivity index (χ0) is 15.6. The molecule has 2 N–H and O–H groups in total. The summed E-state index contributed by atoms with van der Waals surface area (Å²) in [6.45, 7) is 5.53. The first kappa shape index (κ1) is 15.2. The molecule has 1 aromatic carbocycles. The van der Waals surface area contributed by atoms with Gasteiger partial charge in [0, 0.05) is 0 Å². The Hall–Kier alpha value is -2.21. The lowest BCUT2D eigenvalue weighted by atomic mass is 10.0. The summed E-state index contributed by atoms with van der Waals surface area (Å²) >= 11 is 0.988. The molecule has 2 aromatic rings. The molecule has 1 heterocycles. The molecule has 21 heavy (non-hydrogen) atoms. The maximum absolute atomic E-state index is 12.1. The molecule has 0 atom stereocenters. The van der Waals surface area contributed by atoms with Gasteiger partial charge >= 0.3 is 5.97 Å². The molecule has 5 nitrogen and oxygen atoms in total. The number of carboxylic acids is 1. The number of nitrogens with one attached hydrogen (secondary N) is 1. The quantitative estimate of drug-likeness (QED) is 0.910. The number of aromatic nitrogens is 1. The van der Waals surface area contributed by atoms with Crippen LogP contribution in [0.15, 0.2) is 18.2 Å². The highest BCUT2D eigenvalue weighted by Gasteiger charge is 2.19. The van der Waals surface area contributed by atoms with Gasteiger partial charge in [0.1, 0.15) is 10.6 Å². The Kier molecular flexibility index (Phi) is 4.37. The number of amides is 1. The topological polar surface area (TPSA) is 79.3 Å². The SMILES string of the molecule is Cc1ccc(C)c(CC(=O)Nc2snc(C)c2C(=O)O)c1. The van der Waals surface area contributed by atoms with Crippen LogP contribution in [0.3, 0.4) is 0 Å². The van der Waals surface area contributed by atoms with E-state index in [-0.39, 0.29) is 22.9 Å². The highest BCUT2D eigenvalue weighted by molar-refractivity contribution is 7.11. The summed E-state index contributed by atoms with van der Waals surface area (Å²) in [7, 11) is 0. The van der Waals surface area contributed by atoms with Gasteiger partial charge in [0.15, 0.2) is 0 Å². The van der Waals surface area contributed by atoms with Gasteiger partial charge in [-0.3, -0.25) is 4.79 Å². The number of nitrogens with zero attached hydrogens (tertiary/aromatic N) is 1. The van der Waals surface area contributed by atoms with Crippen LogP contribution >= 0.6 is 11.5 Å². The van der Waals surface area contributed by atoms with Crippen molar-refractivity contribution >= 4 is 28.4 Å². The average molecular weight is 304 g/mol. The van der Waals surface area contributed by atoms with Crippen LogP contribution in [0.5, 0.6) is 0 Å². The van der Waals surface area contributed by atoms with Crippen LogP contribution in [0, 0.1) is 20.8 Å². The molecule has 0 saturated carbocycles. The molecule has 0 saturated heterocycles. The van der Waals surface area contributed by atoms with Gasteiger partial charge in [0.2, 0.25) is 5.91 Å². The van der Waals surface area contributed by atoms with E-state index in [9.17, 15) is 9.59 Å². The maximum Gasteiger partial charge on any atom is 0.340 e. The minimum atomic E-state index is -1.08. The van der Waals surface area contributed by atoms with Crippen LogP contribution in [0.2, 0.25) is 0 Å². The van der Waals surface area contributed by atoms with E-state index in [2.05, 4.69) is 9.69 Å². The molecule has 110 valence electrons. The lowest BCUT2D eigenvalue weighted by Crippen LogP contribution is -2.16. The van der Waals surface area contributed by atoms with E-state index in [0.29, 0.717) is 5.69 Å². The second-order valence-electron chi connectivity index (χ2n) is 4.93. The summed E-state index contributed by atoms with van der Waals surface area (Å²) < 4.78 is 3.98. The van der Waals surface area contributed by atoms with E-state index in [1.807, 2.05) is 32.0 Å². The molecular formula is C15H16N2O3S. The van der Waals surface area contributed by atoms with Gasteiger partial charge in [-0.2, -0.15) is 4.37 Å². The van der Waals surface area contributed by atoms with Crippen LogP contribution in [-0.2, 0) is 11.2 Å². The van der Waals surface area contributed by atoms with Gasteiger partial charge in [-0.05, 0) is 43.4 Å². The van der Waals surface area contributed by atoms with Crippen molar-refractivity contribution in [3.05, 3.63) is 46.1 Å². The van der Waals surface area contributed by atoms with Crippen LogP contribution in [0.4, 0.5) is 5.00 Å². The number of carbonyl (C=O) groups is 2. The second kappa shape index (κ2) is 6.05. The van der Waals surface area contributed by atoms with E-state index in [1.165, 1.54) is 0 Å². The van der Waals surface area contributed by atoms with E-state index in [1.54, 1.807) is 6.92 Å². The fourth-order valence-corrected chi connectivity index (χ4v) is 2.85. The molecule has 0 bridgehead atoms.